The van der Waals surface area contributed by atoms with Crippen molar-refractivity contribution >= 4 is 45.0 Å². The lowest BCUT2D eigenvalue weighted by Crippen LogP contribution is -2.34. The molecule has 0 aliphatic rings. The largest absolute Gasteiger partial charge is 0.451 e. The van der Waals surface area contributed by atoms with Gasteiger partial charge in [0.2, 0.25) is 5.91 Å². The van der Waals surface area contributed by atoms with E-state index in [0.717, 1.165) is 4.47 Å². The van der Waals surface area contributed by atoms with Crippen molar-refractivity contribution in [2.24, 2.45) is 0 Å². The minimum atomic E-state index is -0.393. The number of likely N-dealkylation sites (N-methyl/N-ethyl adjacent to an activating group) is 1. The van der Waals surface area contributed by atoms with Gasteiger partial charge in [0.25, 0.3) is 5.91 Å². The third kappa shape index (κ3) is 4.59. The highest BCUT2D eigenvalue weighted by atomic mass is 79.9. The van der Waals surface area contributed by atoms with E-state index < -0.39 is 5.91 Å². The van der Waals surface area contributed by atoms with Crippen molar-refractivity contribution in [1.29, 1.82) is 0 Å². The van der Waals surface area contributed by atoms with Gasteiger partial charge in [0, 0.05) is 17.1 Å². The third-order valence-electron chi connectivity index (χ3n) is 3.83. The highest BCUT2D eigenvalue weighted by Gasteiger charge is 2.19. The second-order valence-corrected chi connectivity index (χ2v) is 7.09. The van der Waals surface area contributed by atoms with Gasteiger partial charge in [-0.25, -0.2) is 0 Å². The fraction of sp³-hybridized carbons (Fsp3) is 0.100. The molecule has 138 valence electrons. The van der Waals surface area contributed by atoms with Crippen LogP contribution in [0.2, 0.25) is 5.02 Å². The van der Waals surface area contributed by atoms with E-state index in [1.807, 2.05) is 36.4 Å². The zero-order chi connectivity index (χ0) is 19.4. The molecule has 7 heteroatoms. The molecule has 0 fully saturated rings. The molecule has 27 heavy (non-hydrogen) atoms. The van der Waals surface area contributed by atoms with Gasteiger partial charge < -0.3 is 14.6 Å². The maximum Gasteiger partial charge on any atom is 0.289 e. The van der Waals surface area contributed by atoms with Crippen LogP contribution in [0.25, 0.3) is 11.3 Å². The number of halogens is 2. The molecule has 0 aliphatic heterocycles. The fourth-order valence-electron chi connectivity index (χ4n) is 2.49. The summed E-state index contributed by atoms with van der Waals surface area (Å²) in [4.78, 5) is 26.0. The number of anilines is 1. The number of hydrogen-bond acceptors (Lipinski definition) is 3. The summed E-state index contributed by atoms with van der Waals surface area (Å²) in [6.45, 7) is -0.109. The summed E-state index contributed by atoms with van der Waals surface area (Å²) >= 11 is 9.52. The van der Waals surface area contributed by atoms with Crippen LogP contribution in [0.4, 0.5) is 5.69 Å². The van der Waals surface area contributed by atoms with E-state index in [1.54, 1.807) is 31.3 Å². The van der Waals surface area contributed by atoms with E-state index in [0.29, 0.717) is 22.0 Å². The molecule has 3 aromatic rings. The summed E-state index contributed by atoms with van der Waals surface area (Å²) in [7, 11) is 1.54. The van der Waals surface area contributed by atoms with Crippen LogP contribution in [0.3, 0.4) is 0 Å². The Bertz CT molecular complexity index is 987. The number of nitrogens with zero attached hydrogens (tertiary/aromatic N) is 1. The van der Waals surface area contributed by atoms with E-state index in [4.69, 9.17) is 16.0 Å². The maximum absolute atomic E-state index is 12.5. The van der Waals surface area contributed by atoms with E-state index in [1.165, 1.54) is 4.90 Å². The molecule has 1 heterocycles. The molecule has 0 unspecified atom stereocenters. The van der Waals surface area contributed by atoms with Crippen molar-refractivity contribution in [2.75, 3.05) is 18.9 Å². The summed E-state index contributed by atoms with van der Waals surface area (Å²) in [6.07, 6.45) is 0. The van der Waals surface area contributed by atoms with Crippen molar-refractivity contribution in [3.8, 4) is 11.3 Å². The molecule has 0 spiro atoms. The summed E-state index contributed by atoms with van der Waals surface area (Å²) in [5, 5.41) is 3.29. The number of amides is 2. The van der Waals surface area contributed by atoms with Crippen LogP contribution < -0.4 is 5.32 Å². The summed E-state index contributed by atoms with van der Waals surface area (Å²) in [5.74, 6) is -0.0673. The SMILES string of the molecule is CN(CC(=O)Nc1ccccc1Br)C(=O)c1ccc(-c2ccccc2Cl)o1. The van der Waals surface area contributed by atoms with Gasteiger partial charge >= 0.3 is 0 Å². The van der Waals surface area contributed by atoms with Crippen LogP contribution in [0.15, 0.2) is 69.6 Å². The Balaban J connectivity index is 1.66. The van der Waals surface area contributed by atoms with E-state index in [-0.39, 0.29) is 18.2 Å². The molecule has 0 saturated heterocycles. The number of benzene rings is 2. The number of rotatable bonds is 5. The van der Waals surface area contributed by atoms with Gasteiger partial charge in [-0.2, -0.15) is 0 Å². The van der Waals surface area contributed by atoms with Crippen LogP contribution >= 0.6 is 27.5 Å². The predicted octanol–water partition coefficient (Wildman–Crippen LogP) is 5.07. The van der Waals surface area contributed by atoms with E-state index >= 15 is 0 Å². The van der Waals surface area contributed by atoms with Gasteiger partial charge in [-0.05, 0) is 52.3 Å². The Labute approximate surface area is 170 Å². The minimum absolute atomic E-state index is 0.109. The van der Waals surface area contributed by atoms with Gasteiger partial charge in [0.1, 0.15) is 5.76 Å². The number of furan rings is 1. The quantitative estimate of drug-likeness (QED) is 0.594. The van der Waals surface area contributed by atoms with Gasteiger partial charge in [-0.3, -0.25) is 9.59 Å². The monoisotopic (exact) mass is 446 g/mol. The van der Waals surface area contributed by atoms with Gasteiger partial charge in [-0.1, -0.05) is 35.9 Å². The van der Waals surface area contributed by atoms with Crippen LogP contribution in [0.1, 0.15) is 10.6 Å². The Morgan fingerprint density at radius 3 is 2.52 bits per heavy atom. The molecule has 0 radical (unpaired) electrons. The molecule has 0 bridgehead atoms. The zero-order valence-electron chi connectivity index (χ0n) is 14.4. The summed E-state index contributed by atoms with van der Waals surface area (Å²) < 4.78 is 6.40. The minimum Gasteiger partial charge on any atom is -0.451 e. The third-order valence-corrected chi connectivity index (χ3v) is 4.85. The first-order valence-electron chi connectivity index (χ1n) is 8.10. The number of hydrogen-bond donors (Lipinski definition) is 1. The summed E-state index contributed by atoms with van der Waals surface area (Å²) in [6, 6.07) is 17.7. The van der Waals surface area contributed by atoms with Crippen molar-refractivity contribution in [2.45, 2.75) is 0 Å². The number of carbonyl (C=O) groups is 2. The number of para-hydroxylation sites is 1. The Morgan fingerprint density at radius 1 is 1.07 bits per heavy atom. The molecular formula is C20H16BrClN2O3. The molecular weight excluding hydrogens is 432 g/mol. The highest BCUT2D eigenvalue weighted by Crippen LogP contribution is 2.29. The topological polar surface area (TPSA) is 62.6 Å². The normalized spacial score (nSPS) is 10.5. The average Bonchev–Trinajstić information content (AvgIpc) is 3.13. The smallest absolute Gasteiger partial charge is 0.289 e. The lowest BCUT2D eigenvalue weighted by atomic mass is 10.2. The molecule has 0 aliphatic carbocycles. The summed E-state index contributed by atoms with van der Waals surface area (Å²) in [5.41, 5.74) is 1.34. The lowest BCUT2D eigenvalue weighted by Gasteiger charge is -2.16. The van der Waals surface area contributed by atoms with Gasteiger partial charge in [0.05, 0.1) is 17.3 Å². The highest BCUT2D eigenvalue weighted by molar-refractivity contribution is 9.10. The van der Waals surface area contributed by atoms with Crippen LogP contribution in [0.5, 0.6) is 0 Å². The molecule has 2 amide bonds. The fourth-order valence-corrected chi connectivity index (χ4v) is 3.10. The second kappa shape index (κ2) is 8.41. The van der Waals surface area contributed by atoms with Crippen LogP contribution in [0, 0.1) is 0 Å². The maximum atomic E-state index is 12.5. The standard InChI is InChI=1S/C20H16BrClN2O3/c1-24(12-19(25)23-16-9-5-3-7-14(16)21)20(26)18-11-10-17(27-18)13-6-2-4-8-15(13)22/h2-11H,12H2,1H3,(H,23,25). The van der Waals surface area contributed by atoms with Crippen LogP contribution in [-0.2, 0) is 4.79 Å². The van der Waals surface area contributed by atoms with Crippen molar-refractivity contribution in [3.63, 3.8) is 0 Å². The Hall–Kier alpha value is -2.57. The first kappa shape index (κ1) is 19.2. The molecule has 0 atom stereocenters. The van der Waals surface area contributed by atoms with E-state index in [9.17, 15) is 9.59 Å². The molecule has 1 N–H and O–H groups in total. The zero-order valence-corrected chi connectivity index (χ0v) is 16.8. The van der Waals surface area contributed by atoms with Crippen molar-refractivity contribution in [1.82, 2.24) is 4.90 Å². The van der Waals surface area contributed by atoms with Crippen molar-refractivity contribution in [3.05, 3.63) is 75.9 Å². The molecule has 0 saturated carbocycles. The number of nitrogens with one attached hydrogen (secondary N) is 1. The molecule has 3 rings (SSSR count). The Morgan fingerprint density at radius 2 is 1.78 bits per heavy atom. The first-order valence-corrected chi connectivity index (χ1v) is 9.27. The second-order valence-electron chi connectivity index (χ2n) is 5.83. The van der Waals surface area contributed by atoms with Gasteiger partial charge in [-0.15, -0.1) is 0 Å². The predicted molar refractivity (Wildman–Crippen MR) is 109 cm³/mol. The van der Waals surface area contributed by atoms with Gasteiger partial charge in [0.15, 0.2) is 5.76 Å². The van der Waals surface area contributed by atoms with E-state index in [2.05, 4.69) is 21.2 Å². The Kier molecular flexibility index (Phi) is 5.98. The average molecular weight is 448 g/mol. The number of carbonyl (C=O) groups excluding carboxylic acids is 2. The lowest BCUT2D eigenvalue weighted by molar-refractivity contribution is -0.116. The molecule has 5 nitrogen and oxygen atoms in total. The van der Waals surface area contributed by atoms with Crippen LogP contribution in [-0.4, -0.2) is 30.3 Å². The molecule has 1 aromatic heterocycles. The first-order chi connectivity index (χ1) is 13.0. The molecule has 2 aromatic carbocycles. The van der Waals surface area contributed by atoms with Crippen molar-refractivity contribution < 1.29 is 14.0 Å².